The standard InChI is InChI=1S/C18H20N4O/c1-14(10-16-11-19-8-9-20-16)22(2)12-17-13-23-18(21-17)15-6-4-3-5-7-15/h3-9,11,13-14H,10,12H2,1-2H3/t14-/m0/s1. The van der Waals surface area contributed by atoms with E-state index < -0.39 is 0 Å². The van der Waals surface area contributed by atoms with Crippen molar-refractivity contribution in [3.8, 4) is 11.5 Å². The van der Waals surface area contributed by atoms with Gasteiger partial charge in [0.05, 0.1) is 11.4 Å². The first-order valence-electron chi connectivity index (χ1n) is 7.67. The highest BCUT2D eigenvalue weighted by Crippen LogP contribution is 2.19. The zero-order valence-electron chi connectivity index (χ0n) is 13.4. The first-order valence-corrected chi connectivity index (χ1v) is 7.67. The molecule has 0 N–H and O–H groups in total. The molecule has 0 radical (unpaired) electrons. The van der Waals surface area contributed by atoms with Gasteiger partial charge in [0.1, 0.15) is 6.26 Å². The molecule has 0 aliphatic rings. The summed E-state index contributed by atoms with van der Waals surface area (Å²) in [5, 5.41) is 0. The lowest BCUT2D eigenvalue weighted by molar-refractivity contribution is 0.244. The lowest BCUT2D eigenvalue weighted by Gasteiger charge is -2.23. The molecule has 1 atom stereocenters. The fourth-order valence-electron chi connectivity index (χ4n) is 2.40. The number of hydrogen-bond donors (Lipinski definition) is 0. The molecular weight excluding hydrogens is 288 g/mol. The molecule has 0 saturated heterocycles. The fourth-order valence-corrected chi connectivity index (χ4v) is 2.40. The Balaban J connectivity index is 1.62. The van der Waals surface area contributed by atoms with Gasteiger partial charge in [0.2, 0.25) is 5.89 Å². The van der Waals surface area contributed by atoms with E-state index in [9.17, 15) is 0 Å². The summed E-state index contributed by atoms with van der Waals surface area (Å²) in [5.41, 5.74) is 2.92. The first-order chi connectivity index (χ1) is 11.2. The van der Waals surface area contributed by atoms with E-state index in [1.165, 1.54) is 0 Å². The smallest absolute Gasteiger partial charge is 0.226 e. The maximum Gasteiger partial charge on any atom is 0.226 e. The second kappa shape index (κ2) is 7.15. The van der Waals surface area contributed by atoms with Gasteiger partial charge < -0.3 is 4.42 Å². The molecule has 3 rings (SSSR count). The summed E-state index contributed by atoms with van der Waals surface area (Å²) in [6.45, 7) is 2.91. The van der Waals surface area contributed by atoms with Crippen molar-refractivity contribution in [2.75, 3.05) is 7.05 Å². The van der Waals surface area contributed by atoms with Crippen LogP contribution in [0.25, 0.3) is 11.5 Å². The van der Waals surface area contributed by atoms with Gasteiger partial charge in [0.15, 0.2) is 0 Å². The van der Waals surface area contributed by atoms with Crippen molar-refractivity contribution >= 4 is 0 Å². The Morgan fingerprint density at radius 3 is 2.70 bits per heavy atom. The van der Waals surface area contributed by atoms with Gasteiger partial charge in [0, 0.05) is 43.2 Å². The van der Waals surface area contributed by atoms with Crippen molar-refractivity contribution in [3.63, 3.8) is 0 Å². The highest BCUT2D eigenvalue weighted by atomic mass is 16.3. The molecule has 0 aliphatic heterocycles. The molecule has 2 heterocycles. The molecule has 0 amide bonds. The molecule has 0 fully saturated rings. The zero-order chi connectivity index (χ0) is 16.1. The summed E-state index contributed by atoms with van der Waals surface area (Å²) in [4.78, 5) is 15.2. The minimum absolute atomic E-state index is 0.337. The molecule has 0 spiro atoms. The second-order valence-electron chi connectivity index (χ2n) is 5.68. The van der Waals surface area contributed by atoms with Crippen LogP contribution in [0.3, 0.4) is 0 Å². The summed E-state index contributed by atoms with van der Waals surface area (Å²) in [6, 6.07) is 10.3. The highest BCUT2D eigenvalue weighted by molar-refractivity contribution is 5.52. The summed E-state index contributed by atoms with van der Waals surface area (Å²) >= 11 is 0. The lowest BCUT2D eigenvalue weighted by Crippen LogP contribution is -2.30. The molecular formula is C18H20N4O. The third kappa shape index (κ3) is 4.02. The van der Waals surface area contributed by atoms with Crippen LogP contribution in [0.15, 0.2) is 59.6 Å². The molecule has 2 aromatic heterocycles. The average Bonchev–Trinajstić information content (AvgIpc) is 3.05. The van der Waals surface area contributed by atoms with E-state index in [2.05, 4.69) is 33.8 Å². The Labute approximate surface area is 136 Å². The van der Waals surface area contributed by atoms with Crippen LogP contribution in [0.1, 0.15) is 18.3 Å². The minimum Gasteiger partial charge on any atom is -0.444 e. The molecule has 1 aromatic carbocycles. The number of likely N-dealkylation sites (N-methyl/N-ethyl adjacent to an activating group) is 1. The Morgan fingerprint density at radius 1 is 1.13 bits per heavy atom. The molecule has 0 unspecified atom stereocenters. The van der Waals surface area contributed by atoms with Crippen molar-refractivity contribution < 1.29 is 4.42 Å². The van der Waals surface area contributed by atoms with Gasteiger partial charge in [-0.25, -0.2) is 4.98 Å². The summed E-state index contributed by atoms with van der Waals surface area (Å²) in [6.07, 6.45) is 7.82. The van der Waals surface area contributed by atoms with Gasteiger partial charge >= 0.3 is 0 Å². The maximum atomic E-state index is 5.59. The zero-order valence-corrected chi connectivity index (χ0v) is 13.4. The van der Waals surface area contributed by atoms with Gasteiger partial charge in [0.25, 0.3) is 0 Å². The number of benzene rings is 1. The van der Waals surface area contributed by atoms with Crippen molar-refractivity contribution in [2.24, 2.45) is 0 Å². The van der Waals surface area contributed by atoms with E-state index in [-0.39, 0.29) is 0 Å². The molecule has 0 saturated carbocycles. The van der Waals surface area contributed by atoms with Gasteiger partial charge in [-0.2, -0.15) is 0 Å². The average molecular weight is 308 g/mol. The Morgan fingerprint density at radius 2 is 1.96 bits per heavy atom. The van der Waals surface area contributed by atoms with E-state index in [1.54, 1.807) is 18.7 Å². The normalized spacial score (nSPS) is 12.5. The second-order valence-corrected chi connectivity index (χ2v) is 5.68. The van der Waals surface area contributed by atoms with E-state index >= 15 is 0 Å². The highest BCUT2D eigenvalue weighted by Gasteiger charge is 2.14. The van der Waals surface area contributed by atoms with Gasteiger partial charge in [-0.1, -0.05) is 18.2 Å². The van der Waals surface area contributed by atoms with Crippen LogP contribution in [0, 0.1) is 0 Å². The quantitative estimate of drug-likeness (QED) is 0.700. The van der Waals surface area contributed by atoms with Crippen molar-refractivity contribution in [2.45, 2.75) is 25.9 Å². The number of nitrogens with zero attached hydrogens (tertiary/aromatic N) is 4. The molecule has 23 heavy (non-hydrogen) atoms. The Hall–Kier alpha value is -2.53. The van der Waals surface area contributed by atoms with Crippen LogP contribution in [0.4, 0.5) is 0 Å². The van der Waals surface area contributed by atoms with E-state index in [0.717, 1.165) is 29.9 Å². The largest absolute Gasteiger partial charge is 0.444 e. The Kier molecular flexibility index (Phi) is 4.78. The van der Waals surface area contributed by atoms with Gasteiger partial charge in [-0.15, -0.1) is 0 Å². The van der Waals surface area contributed by atoms with Crippen LogP contribution in [-0.2, 0) is 13.0 Å². The number of hydrogen-bond acceptors (Lipinski definition) is 5. The van der Waals surface area contributed by atoms with E-state index in [4.69, 9.17) is 4.42 Å². The van der Waals surface area contributed by atoms with Crippen LogP contribution < -0.4 is 0 Å². The topological polar surface area (TPSA) is 55.1 Å². The SMILES string of the molecule is C[C@@H](Cc1cnccn1)N(C)Cc1coc(-c2ccccc2)n1. The summed E-state index contributed by atoms with van der Waals surface area (Å²) < 4.78 is 5.59. The molecule has 3 aromatic rings. The van der Waals surface area contributed by atoms with Crippen molar-refractivity contribution in [1.82, 2.24) is 19.9 Å². The van der Waals surface area contributed by atoms with E-state index in [0.29, 0.717) is 11.9 Å². The molecule has 0 aliphatic carbocycles. The maximum absolute atomic E-state index is 5.59. The van der Waals surface area contributed by atoms with Gasteiger partial charge in [-0.3, -0.25) is 14.9 Å². The van der Waals surface area contributed by atoms with E-state index in [1.807, 2.05) is 36.5 Å². The van der Waals surface area contributed by atoms with Crippen LogP contribution >= 0.6 is 0 Å². The molecule has 118 valence electrons. The molecule has 5 heteroatoms. The molecule has 5 nitrogen and oxygen atoms in total. The van der Waals surface area contributed by atoms with Crippen LogP contribution in [0.2, 0.25) is 0 Å². The number of rotatable bonds is 6. The van der Waals surface area contributed by atoms with Crippen LogP contribution in [-0.4, -0.2) is 32.9 Å². The third-order valence-corrected chi connectivity index (χ3v) is 3.86. The predicted molar refractivity (Wildman–Crippen MR) is 88.6 cm³/mol. The van der Waals surface area contributed by atoms with Crippen molar-refractivity contribution in [1.29, 1.82) is 0 Å². The number of aromatic nitrogens is 3. The van der Waals surface area contributed by atoms with Crippen LogP contribution in [0.5, 0.6) is 0 Å². The first kappa shape index (κ1) is 15.4. The minimum atomic E-state index is 0.337. The molecule has 0 bridgehead atoms. The number of oxazole rings is 1. The Bertz CT molecular complexity index is 727. The summed E-state index contributed by atoms with van der Waals surface area (Å²) in [7, 11) is 2.08. The third-order valence-electron chi connectivity index (χ3n) is 3.86. The van der Waals surface area contributed by atoms with Crippen molar-refractivity contribution in [3.05, 3.63) is 66.6 Å². The summed E-state index contributed by atoms with van der Waals surface area (Å²) in [5.74, 6) is 0.663. The monoisotopic (exact) mass is 308 g/mol. The lowest BCUT2D eigenvalue weighted by atomic mass is 10.1. The fraction of sp³-hybridized carbons (Fsp3) is 0.278. The van der Waals surface area contributed by atoms with Gasteiger partial charge in [-0.05, 0) is 26.1 Å². The predicted octanol–water partition coefficient (Wildman–Crippen LogP) is 3.19.